The number of rotatable bonds is 4. The van der Waals surface area contributed by atoms with Crippen LogP contribution in [-0.4, -0.2) is 19.7 Å². The number of nitrogens with one attached hydrogen (secondary N) is 1. The molecule has 144 valence electrons. The van der Waals surface area contributed by atoms with Crippen molar-refractivity contribution in [1.82, 2.24) is 19.7 Å². The first-order valence-corrected chi connectivity index (χ1v) is 8.34. The predicted molar refractivity (Wildman–Crippen MR) is 92.1 cm³/mol. The molecule has 3 rings (SSSR count). The summed E-state index contributed by atoms with van der Waals surface area (Å²) in [4.78, 5) is 19.0. The Morgan fingerprint density at radius 1 is 1.19 bits per heavy atom. The largest absolute Gasteiger partial charge is 0.416 e. The third kappa shape index (κ3) is 3.45. The molecule has 0 fully saturated rings. The van der Waals surface area contributed by atoms with Gasteiger partial charge in [-0.15, -0.1) is 0 Å². The lowest BCUT2D eigenvalue weighted by atomic mass is 9.95. The van der Waals surface area contributed by atoms with Gasteiger partial charge in [-0.3, -0.25) is 4.79 Å². The zero-order valence-electron chi connectivity index (χ0n) is 14.9. The molecule has 9 heteroatoms. The predicted octanol–water partition coefficient (Wildman–Crippen LogP) is 4.16. The highest BCUT2D eigenvalue weighted by atomic mass is 19.4. The summed E-state index contributed by atoms with van der Waals surface area (Å²) in [5.41, 5.74) is -0.522. The normalized spacial score (nSPS) is 13.5. The molecule has 0 amide bonds. The van der Waals surface area contributed by atoms with Crippen molar-refractivity contribution < 1.29 is 17.6 Å². The summed E-state index contributed by atoms with van der Waals surface area (Å²) in [5, 5.41) is 4.27. The number of hydrogen-bond donors (Lipinski definition) is 1. The van der Waals surface area contributed by atoms with E-state index >= 15 is 0 Å². The fraction of sp³-hybridized carbons (Fsp3) is 0.389. The van der Waals surface area contributed by atoms with Crippen molar-refractivity contribution in [2.45, 2.75) is 39.7 Å². The van der Waals surface area contributed by atoms with Crippen molar-refractivity contribution >= 4 is 11.0 Å². The van der Waals surface area contributed by atoms with Crippen LogP contribution in [0.15, 0.2) is 29.1 Å². The molecule has 0 spiro atoms. The number of halogens is 4. The van der Waals surface area contributed by atoms with Crippen LogP contribution in [0.2, 0.25) is 0 Å². The molecule has 2 aromatic heterocycles. The van der Waals surface area contributed by atoms with Crippen LogP contribution in [0.3, 0.4) is 0 Å². The second-order valence-electron chi connectivity index (χ2n) is 6.68. The number of fused-ring (bicyclic) bond motifs is 1. The Hall–Kier alpha value is -2.71. The molecule has 0 aliphatic carbocycles. The molecule has 0 saturated heterocycles. The van der Waals surface area contributed by atoms with Crippen LogP contribution in [0.4, 0.5) is 17.6 Å². The van der Waals surface area contributed by atoms with Crippen LogP contribution in [-0.2, 0) is 12.9 Å². The van der Waals surface area contributed by atoms with Crippen LogP contribution < -0.4 is 5.56 Å². The fourth-order valence-corrected chi connectivity index (χ4v) is 3.19. The van der Waals surface area contributed by atoms with Crippen LogP contribution >= 0.6 is 0 Å². The summed E-state index contributed by atoms with van der Waals surface area (Å²) in [5.74, 6) is 0.243. The Labute approximate surface area is 152 Å². The van der Waals surface area contributed by atoms with E-state index in [4.69, 9.17) is 0 Å². The van der Waals surface area contributed by atoms with Gasteiger partial charge in [0, 0.05) is 0 Å². The van der Waals surface area contributed by atoms with Crippen molar-refractivity contribution in [3.63, 3.8) is 0 Å². The van der Waals surface area contributed by atoms with Gasteiger partial charge in [0.15, 0.2) is 5.65 Å². The van der Waals surface area contributed by atoms with E-state index in [1.54, 1.807) is 6.92 Å². The van der Waals surface area contributed by atoms with E-state index in [9.17, 15) is 22.4 Å². The Morgan fingerprint density at radius 2 is 1.81 bits per heavy atom. The SMILES string of the molecule is Cc1nc2c(c(CF)nn2[C@@H](c2ccc(C(F)(F)F)cc2)C(C)C)c(=O)[nH]1. The smallest absolute Gasteiger partial charge is 0.310 e. The molecule has 1 aromatic carbocycles. The first-order valence-electron chi connectivity index (χ1n) is 8.34. The van der Waals surface area contributed by atoms with Crippen LogP contribution in [0, 0.1) is 12.8 Å². The second kappa shape index (κ2) is 6.79. The van der Waals surface area contributed by atoms with Crippen molar-refractivity contribution in [3.05, 3.63) is 57.3 Å². The minimum Gasteiger partial charge on any atom is -0.310 e. The summed E-state index contributed by atoms with van der Waals surface area (Å²) < 4.78 is 53.4. The zero-order valence-corrected chi connectivity index (χ0v) is 14.9. The fourth-order valence-electron chi connectivity index (χ4n) is 3.19. The minimum absolute atomic E-state index is 0.0451. The number of aromatic amines is 1. The van der Waals surface area contributed by atoms with Crippen LogP contribution in [0.25, 0.3) is 11.0 Å². The number of nitrogens with zero attached hydrogens (tertiary/aromatic N) is 3. The second-order valence-corrected chi connectivity index (χ2v) is 6.68. The summed E-state index contributed by atoms with van der Waals surface area (Å²) in [6, 6.07) is 4.23. The van der Waals surface area contributed by atoms with Gasteiger partial charge in [-0.25, -0.2) is 14.1 Å². The van der Waals surface area contributed by atoms with Crippen molar-refractivity contribution in [1.29, 1.82) is 0 Å². The van der Waals surface area contributed by atoms with Gasteiger partial charge in [0.25, 0.3) is 5.56 Å². The highest BCUT2D eigenvalue weighted by Crippen LogP contribution is 2.33. The Kier molecular flexibility index (Phi) is 4.79. The van der Waals surface area contributed by atoms with E-state index in [2.05, 4.69) is 15.1 Å². The van der Waals surface area contributed by atoms with Crippen molar-refractivity contribution in [2.24, 2.45) is 5.92 Å². The van der Waals surface area contributed by atoms with Gasteiger partial charge in [-0.1, -0.05) is 26.0 Å². The van der Waals surface area contributed by atoms with E-state index in [0.717, 1.165) is 12.1 Å². The summed E-state index contributed by atoms with van der Waals surface area (Å²) >= 11 is 0. The topological polar surface area (TPSA) is 63.6 Å². The Balaban J connectivity index is 2.21. The minimum atomic E-state index is -4.43. The maximum atomic E-state index is 13.4. The van der Waals surface area contributed by atoms with E-state index < -0.39 is 30.0 Å². The Morgan fingerprint density at radius 3 is 2.33 bits per heavy atom. The highest BCUT2D eigenvalue weighted by molar-refractivity contribution is 5.77. The van der Waals surface area contributed by atoms with Crippen molar-refractivity contribution in [3.8, 4) is 0 Å². The first-order chi connectivity index (χ1) is 12.6. The Bertz CT molecular complexity index is 1020. The number of H-pyrrole nitrogens is 1. The van der Waals surface area contributed by atoms with Crippen LogP contribution in [0.5, 0.6) is 0 Å². The molecule has 1 N–H and O–H groups in total. The number of benzene rings is 1. The van der Waals surface area contributed by atoms with Gasteiger partial charge in [-0.2, -0.15) is 18.3 Å². The molecule has 3 aromatic rings. The molecular weight excluding hydrogens is 364 g/mol. The third-order valence-electron chi connectivity index (χ3n) is 4.35. The number of aromatic nitrogens is 4. The molecule has 1 atom stereocenters. The van der Waals surface area contributed by atoms with Gasteiger partial charge in [0.1, 0.15) is 23.6 Å². The first kappa shape index (κ1) is 19.1. The molecule has 0 radical (unpaired) electrons. The number of aryl methyl sites for hydroxylation is 1. The van der Waals surface area contributed by atoms with Crippen molar-refractivity contribution in [2.75, 3.05) is 0 Å². The molecule has 0 bridgehead atoms. The molecule has 0 saturated carbocycles. The van der Waals surface area contributed by atoms with E-state index in [1.165, 1.54) is 16.8 Å². The summed E-state index contributed by atoms with van der Waals surface area (Å²) in [6.45, 7) is 4.38. The molecule has 27 heavy (non-hydrogen) atoms. The van der Waals surface area contributed by atoms with Gasteiger partial charge >= 0.3 is 6.18 Å². The quantitative estimate of drug-likeness (QED) is 0.689. The number of alkyl halides is 4. The lowest BCUT2D eigenvalue weighted by Crippen LogP contribution is -2.20. The van der Waals surface area contributed by atoms with E-state index in [0.29, 0.717) is 11.4 Å². The molecule has 0 aliphatic rings. The maximum absolute atomic E-state index is 13.4. The van der Waals surface area contributed by atoms with Gasteiger partial charge < -0.3 is 4.98 Å². The van der Waals surface area contributed by atoms with E-state index in [1.807, 2.05) is 13.8 Å². The van der Waals surface area contributed by atoms with Gasteiger partial charge in [0.05, 0.1) is 11.6 Å². The van der Waals surface area contributed by atoms with E-state index in [-0.39, 0.29) is 22.6 Å². The molecule has 0 aliphatic heterocycles. The lowest BCUT2D eigenvalue weighted by Gasteiger charge is -2.23. The standard InChI is InChI=1S/C18H18F4N4O/c1-9(2)15(11-4-6-12(7-5-11)18(20,21)22)26-16-14(13(8-19)25-26)17(27)24-10(3)23-16/h4-7,9,15H,8H2,1-3H3,(H,23,24,27)/t15-/m1/s1. The van der Waals surface area contributed by atoms with Gasteiger partial charge in [-0.05, 0) is 30.5 Å². The molecular formula is C18H18F4N4O. The zero-order chi connectivity index (χ0) is 19.9. The summed E-state index contributed by atoms with van der Waals surface area (Å²) in [7, 11) is 0. The molecule has 0 unspecified atom stereocenters. The summed E-state index contributed by atoms with van der Waals surface area (Å²) in [6.07, 6.45) is -4.43. The van der Waals surface area contributed by atoms with Crippen LogP contribution in [0.1, 0.15) is 42.5 Å². The average Bonchev–Trinajstić information content (AvgIpc) is 2.93. The maximum Gasteiger partial charge on any atom is 0.416 e. The molecule has 5 nitrogen and oxygen atoms in total. The van der Waals surface area contributed by atoms with Gasteiger partial charge in [0.2, 0.25) is 0 Å². The molecule has 2 heterocycles. The lowest BCUT2D eigenvalue weighted by molar-refractivity contribution is -0.137. The average molecular weight is 382 g/mol. The monoisotopic (exact) mass is 382 g/mol. The number of hydrogen-bond acceptors (Lipinski definition) is 3. The highest BCUT2D eigenvalue weighted by Gasteiger charge is 2.31. The third-order valence-corrected chi connectivity index (χ3v) is 4.35.